The van der Waals surface area contributed by atoms with Gasteiger partial charge in [-0.1, -0.05) is 60.2 Å². The van der Waals surface area contributed by atoms with E-state index in [4.69, 9.17) is 4.42 Å². The molecule has 0 fully saturated rings. The lowest BCUT2D eigenvalue weighted by molar-refractivity contribution is 0.101. The predicted molar refractivity (Wildman–Crippen MR) is 108 cm³/mol. The second-order valence-electron chi connectivity index (χ2n) is 6.42. The van der Waals surface area contributed by atoms with Crippen LogP contribution in [0.1, 0.15) is 21.7 Å². The van der Waals surface area contributed by atoms with Crippen molar-refractivity contribution < 1.29 is 17.6 Å². The van der Waals surface area contributed by atoms with Gasteiger partial charge < -0.3 is 4.42 Å². The molecular weight excluding hydrogens is 374 g/mol. The lowest BCUT2D eigenvalue weighted by Gasteiger charge is -2.08. The first-order valence-corrected chi connectivity index (χ1v) is 10.1. The van der Waals surface area contributed by atoms with E-state index in [9.17, 15) is 13.2 Å². The van der Waals surface area contributed by atoms with E-state index in [2.05, 4.69) is 4.72 Å². The van der Waals surface area contributed by atoms with Crippen LogP contribution in [-0.4, -0.2) is 14.2 Å². The fourth-order valence-corrected chi connectivity index (χ4v) is 4.04. The Bertz CT molecular complexity index is 1260. The predicted octanol–water partition coefficient (Wildman–Crippen LogP) is 4.77. The maximum atomic E-state index is 13.0. The van der Waals surface area contributed by atoms with E-state index in [1.807, 2.05) is 19.1 Å². The van der Waals surface area contributed by atoms with E-state index < -0.39 is 10.0 Å². The van der Waals surface area contributed by atoms with Crippen LogP contribution in [0.2, 0.25) is 0 Å². The van der Waals surface area contributed by atoms with Gasteiger partial charge in [-0.05, 0) is 31.2 Å². The molecule has 0 aliphatic rings. The Morgan fingerprint density at radius 2 is 1.50 bits per heavy atom. The zero-order valence-electron chi connectivity index (χ0n) is 15.0. The third kappa shape index (κ3) is 3.30. The van der Waals surface area contributed by atoms with Gasteiger partial charge in [-0.3, -0.25) is 9.52 Å². The third-order valence-electron chi connectivity index (χ3n) is 4.41. The van der Waals surface area contributed by atoms with E-state index in [1.54, 1.807) is 54.6 Å². The number of sulfonamides is 1. The standard InChI is InChI=1S/C22H17NO4S/c1-15-11-13-16(14-12-15)21(24)22-20(18-9-5-6-10-19(18)27-22)23-28(25,26)17-7-3-2-4-8-17/h2-14,23H,1H3. The highest BCUT2D eigenvalue weighted by atomic mass is 32.2. The summed E-state index contributed by atoms with van der Waals surface area (Å²) in [5.74, 6) is -0.425. The molecule has 5 nitrogen and oxygen atoms in total. The molecule has 1 heterocycles. The summed E-state index contributed by atoms with van der Waals surface area (Å²) in [4.78, 5) is 13.1. The number of benzene rings is 3. The Morgan fingerprint density at radius 1 is 0.857 bits per heavy atom. The fourth-order valence-electron chi connectivity index (χ4n) is 2.94. The van der Waals surface area contributed by atoms with Gasteiger partial charge in [-0.15, -0.1) is 0 Å². The molecule has 0 bridgehead atoms. The Labute approximate surface area is 162 Å². The van der Waals surface area contributed by atoms with Crippen molar-refractivity contribution in [1.29, 1.82) is 0 Å². The van der Waals surface area contributed by atoms with Crippen molar-refractivity contribution in [2.75, 3.05) is 4.72 Å². The molecule has 0 unspecified atom stereocenters. The highest BCUT2D eigenvalue weighted by Gasteiger charge is 2.26. The van der Waals surface area contributed by atoms with Crippen LogP contribution in [0.15, 0.2) is 88.2 Å². The van der Waals surface area contributed by atoms with Crippen LogP contribution < -0.4 is 4.72 Å². The van der Waals surface area contributed by atoms with E-state index in [-0.39, 0.29) is 22.1 Å². The molecule has 0 amide bonds. The molecule has 4 rings (SSSR count). The first-order chi connectivity index (χ1) is 13.5. The van der Waals surface area contributed by atoms with E-state index in [0.29, 0.717) is 16.5 Å². The lowest BCUT2D eigenvalue weighted by Crippen LogP contribution is -2.15. The molecular formula is C22H17NO4S. The molecule has 3 aromatic carbocycles. The lowest BCUT2D eigenvalue weighted by atomic mass is 10.1. The summed E-state index contributed by atoms with van der Waals surface area (Å²) in [5.41, 5.74) is 2.02. The number of carbonyl (C=O) groups excluding carboxylic acids is 1. The minimum Gasteiger partial charge on any atom is -0.450 e. The van der Waals surface area contributed by atoms with Crippen LogP contribution in [-0.2, 0) is 10.0 Å². The first kappa shape index (κ1) is 18.0. The average molecular weight is 391 g/mol. The van der Waals surface area contributed by atoms with Crippen LogP contribution in [0.5, 0.6) is 0 Å². The van der Waals surface area contributed by atoms with Crippen molar-refractivity contribution in [3.8, 4) is 0 Å². The molecule has 1 aromatic heterocycles. The number of nitrogens with one attached hydrogen (secondary N) is 1. The molecule has 0 saturated heterocycles. The number of ketones is 1. The largest absolute Gasteiger partial charge is 0.450 e. The second-order valence-corrected chi connectivity index (χ2v) is 8.10. The van der Waals surface area contributed by atoms with E-state index >= 15 is 0 Å². The van der Waals surface area contributed by atoms with Gasteiger partial charge in [0.25, 0.3) is 10.0 Å². The zero-order valence-corrected chi connectivity index (χ0v) is 15.9. The fraction of sp³-hybridized carbons (Fsp3) is 0.0455. The van der Waals surface area contributed by atoms with Gasteiger partial charge in [0, 0.05) is 10.9 Å². The Kier molecular flexibility index (Phi) is 4.49. The number of fused-ring (bicyclic) bond motifs is 1. The number of hydrogen-bond donors (Lipinski definition) is 1. The molecule has 0 saturated carbocycles. The number of para-hydroxylation sites is 1. The minimum atomic E-state index is -3.88. The molecule has 0 spiro atoms. The average Bonchev–Trinajstić information content (AvgIpc) is 3.07. The third-order valence-corrected chi connectivity index (χ3v) is 5.77. The first-order valence-electron chi connectivity index (χ1n) is 8.66. The monoisotopic (exact) mass is 391 g/mol. The van der Waals surface area contributed by atoms with Gasteiger partial charge in [0.15, 0.2) is 5.76 Å². The summed E-state index contributed by atoms with van der Waals surface area (Å²) >= 11 is 0. The molecule has 0 aliphatic heterocycles. The van der Waals surface area contributed by atoms with Crippen LogP contribution >= 0.6 is 0 Å². The number of rotatable bonds is 5. The van der Waals surface area contributed by atoms with Crippen molar-refractivity contribution in [2.24, 2.45) is 0 Å². The van der Waals surface area contributed by atoms with Gasteiger partial charge in [-0.25, -0.2) is 8.42 Å². The Hall–Kier alpha value is -3.38. The molecule has 28 heavy (non-hydrogen) atoms. The second kappa shape index (κ2) is 6.98. The molecule has 4 aromatic rings. The molecule has 0 aliphatic carbocycles. The summed E-state index contributed by atoms with van der Waals surface area (Å²) in [5, 5.41) is 0.525. The van der Waals surface area contributed by atoms with Crippen molar-refractivity contribution in [3.63, 3.8) is 0 Å². The highest BCUT2D eigenvalue weighted by molar-refractivity contribution is 7.92. The van der Waals surface area contributed by atoms with Gasteiger partial charge in [0.05, 0.1) is 4.90 Å². The van der Waals surface area contributed by atoms with Gasteiger partial charge >= 0.3 is 0 Å². The number of carbonyl (C=O) groups is 1. The number of hydrogen-bond acceptors (Lipinski definition) is 4. The smallest absolute Gasteiger partial charge is 0.262 e. The molecule has 0 atom stereocenters. The van der Waals surface area contributed by atoms with Crippen molar-refractivity contribution in [2.45, 2.75) is 11.8 Å². The Balaban J connectivity index is 1.84. The van der Waals surface area contributed by atoms with Gasteiger partial charge in [0.2, 0.25) is 5.78 Å². The molecule has 0 radical (unpaired) electrons. The van der Waals surface area contributed by atoms with Crippen molar-refractivity contribution in [1.82, 2.24) is 0 Å². The minimum absolute atomic E-state index is 0.0374. The van der Waals surface area contributed by atoms with Gasteiger partial charge in [0.1, 0.15) is 11.3 Å². The highest BCUT2D eigenvalue weighted by Crippen LogP contribution is 2.34. The number of anilines is 1. The normalized spacial score (nSPS) is 11.5. The SMILES string of the molecule is Cc1ccc(C(=O)c2oc3ccccc3c2NS(=O)(=O)c2ccccc2)cc1. The molecule has 140 valence electrons. The Morgan fingerprint density at radius 3 is 2.21 bits per heavy atom. The quantitative estimate of drug-likeness (QED) is 0.497. The molecule has 1 N–H and O–H groups in total. The molecule has 6 heteroatoms. The van der Waals surface area contributed by atoms with Crippen LogP contribution in [0.4, 0.5) is 5.69 Å². The topological polar surface area (TPSA) is 76.4 Å². The maximum absolute atomic E-state index is 13.0. The van der Waals surface area contributed by atoms with E-state index in [1.165, 1.54) is 12.1 Å². The summed E-state index contributed by atoms with van der Waals surface area (Å²) in [6, 6.07) is 22.0. The number of furan rings is 1. The summed E-state index contributed by atoms with van der Waals surface area (Å²) in [6.45, 7) is 1.93. The van der Waals surface area contributed by atoms with Crippen LogP contribution in [0, 0.1) is 6.92 Å². The van der Waals surface area contributed by atoms with Crippen LogP contribution in [0.3, 0.4) is 0 Å². The summed E-state index contributed by atoms with van der Waals surface area (Å²) in [6.07, 6.45) is 0. The summed E-state index contributed by atoms with van der Waals surface area (Å²) in [7, 11) is -3.88. The number of aryl methyl sites for hydroxylation is 1. The van der Waals surface area contributed by atoms with Crippen LogP contribution in [0.25, 0.3) is 11.0 Å². The maximum Gasteiger partial charge on any atom is 0.262 e. The summed E-state index contributed by atoms with van der Waals surface area (Å²) < 4.78 is 34.0. The van der Waals surface area contributed by atoms with Crippen molar-refractivity contribution in [3.05, 3.63) is 95.7 Å². The van der Waals surface area contributed by atoms with E-state index in [0.717, 1.165) is 5.56 Å². The van der Waals surface area contributed by atoms with Gasteiger partial charge in [-0.2, -0.15) is 0 Å². The van der Waals surface area contributed by atoms with Crippen molar-refractivity contribution >= 4 is 32.5 Å². The zero-order chi connectivity index (χ0) is 19.7.